The summed E-state index contributed by atoms with van der Waals surface area (Å²) in [5.41, 5.74) is 5.66. The second-order valence-corrected chi connectivity index (χ2v) is 9.94. The fraction of sp³-hybridized carbons (Fsp3) is 0.200. The maximum absolute atomic E-state index is 11.6. The Hall–Kier alpha value is -5.12. The minimum absolute atomic E-state index is 0.0858. The lowest BCUT2D eigenvalue weighted by Gasteiger charge is -2.12. The van der Waals surface area contributed by atoms with Gasteiger partial charge in [-0.25, -0.2) is 0 Å². The standard InChI is InChI=1S/C30H25N5O5/c1-2-33-27-11-5-18-3-7-20-16-30(36)21(8-4-19-6-12-28(33)24(14-19)23(27)13-18)15-26(20)32-31-25-10-9-22(34(37)38)17-29(25)35(39)40/h5-6,9-17,36H,2-4,7-8H2,1H3. The highest BCUT2D eigenvalue weighted by molar-refractivity contribution is 6.08. The number of benzene rings is 4. The lowest BCUT2D eigenvalue weighted by atomic mass is 9.95. The molecule has 10 nitrogen and oxygen atoms in total. The topological polar surface area (TPSA) is 136 Å². The van der Waals surface area contributed by atoms with Crippen LogP contribution in [-0.4, -0.2) is 19.5 Å². The van der Waals surface area contributed by atoms with E-state index >= 15 is 0 Å². The van der Waals surface area contributed by atoms with E-state index in [9.17, 15) is 25.3 Å². The number of fused-ring (bicyclic) bond motifs is 4. The van der Waals surface area contributed by atoms with Gasteiger partial charge in [-0.1, -0.05) is 12.1 Å². The second-order valence-electron chi connectivity index (χ2n) is 9.94. The van der Waals surface area contributed by atoms with Crippen LogP contribution < -0.4 is 0 Å². The summed E-state index contributed by atoms with van der Waals surface area (Å²) in [7, 11) is 0. The third-order valence-electron chi connectivity index (χ3n) is 7.59. The molecule has 1 N–H and O–H groups in total. The Balaban J connectivity index is 1.44. The van der Waals surface area contributed by atoms with Gasteiger partial charge >= 0.3 is 5.69 Å². The van der Waals surface area contributed by atoms with Gasteiger partial charge in [0.15, 0.2) is 5.69 Å². The first-order valence-electron chi connectivity index (χ1n) is 13.1. The molecular formula is C30H25N5O5. The minimum atomic E-state index is -0.712. The van der Waals surface area contributed by atoms with Crippen molar-refractivity contribution in [3.05, 3.63) is 109 Å². The van der Waals surface area contributed by atoms with Crippen molar-refractivity contribution in [2.24, 2.45) is 10.2 Å². The van der Waals surface area contributed by atoms with Gasteiger partial charge in [0, 0.05) is 34.4 Å². The molecule has 0 unspecified atom stereocenters. The number of aromatic nitrogens is 1. The van der Waals surface area contributed by atoms with Crippen LogP contribution in [0, 0.1) is 20.2 Å². The van der Waals surface area contributed by atoms with E-state index in [-0.39, 0.29) is 11.4 Å². The number of hydrogen-bond acceptors (Lipinski definition) is 7. The van der Waals surface area contributed by atoms with Gasteiger partial charge in [-0.05, 0) is 97.3 Å². The first-order valence-corrected chi connectivity index (χ1v) is 13.1. The molecule has 0 fully saturated rings. The van der Waals surface area contributed by atoms with E-state index in [1.54, 1.807) is 12.1 Å². The number of aromatic hydroxyl groups is 1. The zero-order valence-corrected chi connectivity index (χ0v) is 21.7. The molecule has 2 aliphatic rings. The summed E-state index contributed by atoms with van der Waals surface area (Å²) in [5.74, 6) is 0.168. The van der Waals surface area contributed by atoms with Crippen molar-refractivity contribution in [1.29, 1.82) is 0 Å². The van der Waals surface area contributed by atoms with E-state index < -0.39 is 21.2 Å². The van der Waals surface area contributed by atoms with Crippen molar-refractivity contribution in [3.8, 4) is 5.75 Å². The van der Waals surface area contributed by atoms with Crippen molar-refractivity contribution in [2.75, 3.05) is 0 Å². The van der Waals surface area contributed by atoms with Crippen LogP contribution in [0.15, 0.2) is 77.0 Å². The van der Waals surface area contributed by atoms with Crippen LogP contribution in [0.2, 0.25) is 0 Å². The van der Waals surface area contributed by atoms with Crippen LogP contribution in [-0.2, 0) is 32.2 Å². The van der Waals surface area contributed by atoms with Crippen LogP contribution in [0.3, 0.4) is 0 Å². The number of hydrogen-bond donors (Lipinski definition) is 1. The number of nitro benzene ring substituents is 2. The van der Waals surface area contributed by atoms with Crippen molar-refractivity contribution in [2.45, 2.75) is 39.2 Å². The highest BCUT2D eigenvalue weighted by atomic mass is 16.6. The quantitative estimate of drug-likeness (QED) is 0.140. The van der Waals surface area contributed by atoms with Crippen molar-refractivity contribution in [1.82, 2.24) is 4.57 Å². The Kier molecular flexibility index (Phi) is 6.22. The van der Waals surface area contributed by atoms with E-state index in [1.165, 1.54) is 27.9 Å². The molecule has 4 aromatic carbocycles. The molecule has 7 rings (SSSR count). The Morgan fingerprint density at radius 1 is 0.750 bits per heavy atom. The SMILES string of the molecule is CCn1c2ccc3cc2c2cc(ccc21)CCc1cc(O)c(cc1N=Nc1ccc([N+](=O)[O-])cc1[N+](=O)[O-])CC3. The smallest absolute Gasteiger partial charge is 0.303 e. The molecule has 200 valence electrons. The summed E-state index contributed by atoms with van der Waals surface area (Å²) in [5, 5.41) is 44.4. The number of nitro groups is 2. The molecule has 2 aliphatic carbocycles. The molecule has 40 heavy (non-hydrogen) atoms. The van der Waals surface area contributed by atoms with Gasteiger partial charge in [0.2, 0.25) is 0 Å². The summed E-state index contributed by atoms with van der Waals surface area (Å²) in [6.45, 7) is 3.02. The zero-order chi connectivity index (χ0) is 28.0. The summed E-state index contributed by atoms with van der Waals surface area (Å²) >= 11 is 0. The van der Waals surface area contributed by atoms with Crippen molar-refractivity contribution < 1.29 is 15.0 Å². The summed E-state index contributed by atoms with van der Waals surface area (Å²) in [6, 6.07) is 19.8. The van der Waals surface area contributed by atoms with Gasteiger partial charge < -0.3 is 9.67 Å². The molecule has 5 aromatic rings. The second kappa shape index (κ2) is 9.88. The summed E-state index contributed by atoms with van der Waals surface area (Å²) in [4.78, 5) is 21.3. The van der Waals surface area contributed by atoms with E-state index in [0.29, 0.717) is 36.9 Å². The molecule has 0 saturated heterocycles. The third-order valence-corrected chi connectivity index (χ3v) is 7.59. The van der Waals surface area contributed by atoms with Gasteiger partial charge in [-0.2, -0.15) is 5.11 Å². The fourth-order valence-corrected chi connectivity index (χ4v) is 5.53. The van der Waals surface area contributed by atoms with Gasteiger partial charge in [-0.3, -0.25) is 20.2 Å². The Bertz CT molecular complexity index is 1870. The molecule has 1 heterocycles. The number of azo groups is 1. The maximum atomic E-state index is 11.6. The Morgan fingerprint density at radius 3 is 1.98 bits per heavy atom. The number of nitrogens with zero attached hydrogens (tertiary/aromatic N) is 5. The predicted molar refractivity (Wildman–Crippen MR) is 152 cm³/mol. The molecule has 0 saturated carbocycles. The molecule has 0 spiro atoms. The van der Waals surface area contributed by atoms with Gasteiger partial charge in [-0.15, -0.1) is 5.11 Å². The normalized spacial score (nSPS) is 13.2. The number of phenols is 1. The third kappa shape index (κ3) is 4.43. The molecule has 0 aliphatic heterocycles. The van der Waals surface area contributed by atoms with E-state index in [1.807, 2.05) is 0 Å². The maximum Gasteiger partial charge on any atom is 0.303 e. The first kappa shape index (κ1) is 25.2. The molecule has 0 atom stereocenters. The van der Waals surface area contributed by atoms with Crippen LogP contribution >= 0.6 is 0 Å². The average Bonchev–Trinajstić information content (AvgIpc) is 3.26. The summed E-state index contributed by atoms with van der Waals surface area (Å²) in [6.07, 6.45) is 2.52. The monoisotopic (exact) mass is 535 g/mol. The van der Waals surface area contributed by atoms with Crippen LogP contribution in [0.4, 0.5) is 22.7 Å². The zero-order valence-electron chi connectivity index (χ0n) is 21.7. The van der Waals surface area contributed by atoms with Crippen LogP contribution in [0.25, 0.3) is 21.8 Å². The fourth-order valence-electron chi connectivity index (χ4n) is 5.53. The van der Waals surface area contributed by atoms with Crippen molar-refractivity contribution in [3.63, 3.8) is 0 Å². The lowest BCUT2D eigenvalue weighted by molar-refractivity contribution is -0.393. The predicted octanol–water partition coefficient (Wildman–Crippen LogP) is 7.64. The molecule has 1 aromatic heterocycles. The number of phenolic OH excluding ortho intramolecular Hbond substituents is 1. The van der Waals surface area contributed by atoms with Crippen molar-refractivity contribution >= 4 is 44.6 Å². The summed E-state index contributed by atoms with van der Waals surface area (Å²) < 4.78 is 2.33. The lowest BCUT2D eigenvalue weighted by Crippen LogP contribution is -1.97. The van der Waals surface area contributed by atoms with Gasteiger partial charge in [0.25, 0.3) is 5.69 Å². The number of non-ortho nitro benzene ring substituents is 1. The van der Waals surface area contributed by atoms with E-state index in [4.69, 9.17) is 0 Å². The van der Waals surface area contributed by atoms with E-state index in [2.05, 4.69) is 58.1 Å². The Morgan fingerprint density at radius 2 is 1.38 bits per heavy atom. The van der Waals surface area contributed by atoms with Crippen LogP contribution in [0.5, 0.6) is 5.75 Å². The first-order chi connectivity index (χ1) is 19.3. The van der Waals surface area contributed by atoms with Gasteiger partial charge in [0.1, 0.15) is 5.75 Å². The average molecular weight is 536 g/mol. The highest BCUT2D eigenvalue weighted by Crippen LogP contribution is 2.37. The molecule has 10 heteroatoms. The molecular weight excluding hydrogens is 510 g/mol. The van der Waals surface area contributed by atoms with Crippen LogP contribution in [0.1, 0.15) is 29.2 Å². The van der Waals surface area contributed by atoms with Gasteiger partial charge in [0.05, 0.1) is 21.6 Å². The Labute approximate surface area is 228 Å². The number of rotatable bonds is 5. The minimum Gasteiger partial charge on any atom is -0.508 e. The molecule has 0 radical (unpaired) electrons. The highest BCUT2D eigenvalue weighted by Gasteiger charge is 2.20. The largest absolute Gasteiger partial charge is 0.508 e. The van der Waals surface area contributed by atoms with E-state index in [0.717, 1.165) is 35.4 Å². The number of aryl methyl sites for hydroxylation is 5. The molecule has 0 amide bonds. The molecule has 6 bridgehead atoms.